The second kappa shape index (κ2) is 7.53. The molecule has 0 saturated carbocycles. The Morgan fingerprint density at radius 1 is 1.35 bits per heavy atom. The van der Waals surface area contributed by atoms with Gasteiger partial charge in [-0.1, -0.05) is 6.07 Å². The monoisotopic (exact) mass is 366 g/mol. The fraction of sp³-hybridized carbons (Fsp3) is 0.211. The van der Waals surface area contributed by atoms with Gasteiger partial charge in [0.2, 0.25) is 5.91 Å². The molecule has 1 unspecified atom stereocenters. The van der Waals surface area contributed by atoms with Gasteiger partial charge in [-0.2, -0.15) is 0 Å². The summed E-state index contributed by atoms with van der Waals surface area (Å²) in [6.07, 6.45) is 8.50. The zero-order valence-corrected chi connectivity index (χ0v) is 14.9. The standard InChI is InChI=1S/C19H18N4O2S/c24-18(9-8-14-5-4-12-25-14)23-11-3-6-16(23)15-13-26-19(21-15)22-17-7-1-2-10-20-17/h1-2,4-5,7-10,12-13,16H,3,6,11H2,(H,20,21,22)/b9-8+. The largest absolute Gasteiger partial charge is 0.465 e. The first-order valence-corrected chi connectivity index (χ1v) is 9.33. The average molecular weight is 366 g/mol. The molecule has 1 atom stereocenters. The summed E-state index contributed by atoms with van der Waals surface area (Å²) in [5, 5.41) is 6.00. The Balaban J connectivity index is 1.45. The summed E-state index contributed by atoms with van der Waals surface area (Å²) >= 11 is 1.52. The van der Waals surface area contributed by atoms with Gasteiger partial charge < -0.3 is 14.6 Å². The number of nitrogens with one attached hydrogen (secondary N) is 1. The van der Waals surface area contributed by atoms with Gasteiger partial charge in [-0.25, -0.2) is 9.97 Å². The van der Waals surface area contributed by atoms with Crippen LogP contribution in [-0.2, 0) is 4.79 Å². The van der Waals surface area contributed by atoms with Crippen molar-refractivity contribution in [1.82, 2.24) is 14.9 Å². The second-order valence-corrected chi connectivity index (χ2v) is 6.81. The lowest BCUT2D eigenvalue weighted by atomic mass is 10.1. The highest BCUT2D eigenvalue weighted by molar-refractivity contribution is 7.13. The van der Waals surface area contributed by atoms with Crippen LogP contribution < -0.4 is 5.32 Å². The third kappa shape index (κ3) is 3.67. The summed E-state index contributed by atoms with van der Waals surface area (Å²) in [6, 6.07) is 9.32. The van der Waals surface area contributed by atoms with Crippen molar-refractivity contribution in [3.05, 3.63) is 65.7 Å². The van der Waals surface area contributed by atoms with Crippen molar-refractivity contribution in [2.45, 2.75) is 18.9 Å². The molecule has 132 valence electrons. The molecule has 4 rings (SSSR count). The minimum absolute atomic E-state index is 0.0132. The van der Waals surface area contributed by atoms with Crippen LogP contribution >= 0.6 is 11.3 Å². The quantitative estimate of drug-likeness (QED) is 0.684. The molecule has 1 aliphatic heterocycles. The number of rotatable bonds is 5. The van der Waals surface area contributed by atoms with E-state index >= 15 is 0 Å². The summed E-state index contributed by atoms with van der Waals surface area (Å²) in [7, 11) is 0. The Labute approximate surface area is 155 Å². The average Bonchev–Trinajstić information content (AvgIpc) is 3.41. The van der Waals surface area contributed by atoms with Crippen LogP contribution in [0.15, 0.2) is 58.7 Å². The van der Waals surface area contributed by atoms with Crippen LogP contribution in [0, 0.1) is 0 Å². The van der Waals surface area contributed by atoms with Gasteiger partial charge in [0, 0.05) is 24.2 Å². The number of hydrogen-bond acceptors (Lipinski definition) is 6. The molecule has 4 heterocycles. The van der Waals surface area contributed by atoms with Gasteiger partial charge in [0.1, 0.15) is 11.6 Å². The number of nitrogens with zero attached hydrogens (tertiary/aromatic N) is 3. The zero-order chi connectivity index (χ0) is 17.8. The van der Waals surface area contributed by atoms with Crippen molar-refractivity contribution in [1.29, 1.82) is 0 Å². The molecule has 0 aliphatic carbocycles. The predicted molar refractivity (Wildman–Crippen MR) is 101 cm³/mol. The summed E-state index contributed by atoms with van der Waals surface area (Å²) in [5.74, 6) is 1.41. The number of hydrogen-bond donors (Lipinski definition) is 1. The highest BCUT2D eigenvalue weighted by atomic mass is 32.1. The number of amides is 1. The maximum absolute atomic E-state index is 12.6. The van der Waals surface area contributed by atoms with E-state index in [0.29, 0.717) is 5.76 Å². The lowest BCUT2D eigenvalue weighted by molar-refractivity contribution is -0.126. The van der Waals surface area contributed by atoms with E-state index in [1.165, 1.54) is 11.3 Å². The van der Waals surface area contributed by atoms with Crippen molar-refractivity contribution in [2.24, 2.45) is 0 Å². The normalized spacial score (nSPS) is 17.1. The smallest absolute Gasteiger partial charge is 0.247 e. The maximum atomic E-state index is 12.6. The van der Waals surface area contributed by atoms with Crippen molar-refractivity contribution in [3.63, 3.8) is 0 Å². The fourth-order valence-corrected chi connectivity index (χ4v) is 3.78. The molecule has 7 heteroatoms. The van der Waals surface area contributed by atoms with Gasteiger partial charge in [0.15, 0.2) is 5.13 Å². The highest BCUT2D eigenvalue weighted by Crippen LogP contribution is 2.34. The first-order valence-electron chi connectivity index (χ1n) is 8.45. The first-order chi connectivity index (χ1) is 12.8. The molecule has 1 fully saturated rings. The molecular formula is C19H18N4O2S. The Kier molecular flexibility index (Phi) is 4.79. The van der Waals surface area contributed by atoms with Gasteiger partial charge in [-0.05, 0) is 43.2 Å². The molecule has 0 bridgehead atoms. The summed E-state index contributed by atoms with van der Waals surface area (Å²) in [5.41, 5.74) is 0.922. The van der Waals surface area contributed by atoms with Gasteiger partial charge in [0.25, 0.3) is 0 Å². The number of likely N-dealkylation sites (tertiary alicyclic amines) is 1. The van der Waals surface area contributed by atoms with Crippen molar-refractivity contribution >= 4 is 34.3 Å². The molecular weight excluding hydrogens is 348 g/mol. The molecule has 0 radical (unpaired) electrons. The fourth-order valence-electron chi connectivity index (χ4n) is 3.02. The molecule has 1 saturated heterocycles. The number of carbonyl (C=O) groups is 1. The number of aromatic nitrogens is 2. The molecule has 0 spiro atoms. The van der Waals surface area contributed by atoms with Gasteiger partial charge >= 0.3 is 0 Å². The Bertz CT molecular complexity index is 889. The minimum Gasteiger partial charge on any atom is -0.465 e. The molecule has 1 amide bonds. The van der Waals surface area contributed by atoms with Crippen LogP contribution in [-0.4, -0.2) is 27.3 Å². The molecule has 6 nitrogen and oxygen atoms in total. The van der Waals surface area contributed by atoms with Crippen LogP contribution in [0.25, 0.3) is 6.08 Å². The van der Waals surface area contributed by atoms with E-state index < -0.39 is 0 Å². The molecule has 26 heavy (non-hydrogen) atoms. The van der Waals surface area contributed by atoms with Gasteiger partial charge in [-0.15, -0.1) is 11.3 Å². The Morgan fingerprint density at radius 3 is 3.12 bits per heavy atom. The maximum Gasteiger partial charge on any atom is 0.247 e. The number of carbonyl (C=O) groups excluding carboxylic acids is 1. The number of pyridine rings is 1. The SMILES string of the molecule is O=C(/C=C/c1ccco1)N1CCCC1c1csc(Nc2ccccn2)n1. The van der Waals surface area contributed by atoms with Crippen molar-refractivity contribution < 1.29 is 9.21 Å². The first kappa shape index (κ1) is 16.5. The van der Waals surface area contributed by atoms with Crippen LogP contribution in [0.2, 0.25) is 0 Å². The summed E-state index contributed by atoms with van der Waals surface area (Å²) in [4.78, 5) is 23.4. The topological polar surface area (TPSA) is 71.3 Å². The lowest BCUT2D eigenvalue weighted by Gasteiger charge is -2.21. The van der Waals surface area contributed by atoms with Crippen LogP contribution in [0.5, 0.6) is 0 Å². The van der Waals surface area contributed by atoms with E-state index in [9.17, 15) is 4.79 Å². The van der Waals surface area contributed by atoms with E-state index in [1.807, 2.05) is 34.5 Å². The lowest BCUT2D eigenvalue weighted by Crippen LogP contribution is -2.29. The minimum atomic E-state index is -0.0175. The van der Waals surface area contributed by atoms with E-state index in [2.05, 4.69) is 15.3 Å². The zero-order valence-electron chi connectivity index (χ0n) is 14.0. The summed E-state index contributed by atoms with van der Waals surface area (Å²) in [6.45, 7) is 0.743. The van der Waals surface area contributed by atoms with E-state index in [1.54, 1.807) is 30.7 Å². The Morgan fingerprint density at radius 2 is 2.31 bits per heavy atom. The van der Waals surface area contributed by atoms with Crippen molar-refractivity contribution in [2.75, 3.05) is 11.9 Å². The van der Waals surface area contributed by atoms with Crippen LogP contribution in [0.1, 0.15) is 30.3 Å². The highest BCUT2D eigenvalue weighted by Gasteiger charge is 2.30. The van der Waals surface area contributed by atoms with E-state index in [0.717, 1.165) is 36.0 Å². The molecule has 3 aromatic rings. The molecule has 1 aliphatic rings. The number of furan rings is 1. The van der Waals surface area contributed by atoms with Crippen LogP contribution in [0.3, 0.4) is 0 Å². The van der Waals surface area contributed by atoms with Gasteiger partial charge in [0.05, 0.1) is 18.0 Å². The Hall–Kier alpha value is -2.93. The third-order valence-corrected chi connectivity index (χ3v) is 5.01. The van der Waals surface area contributed by atoms with E-state index in [4.69, 9.17) is 4.42 Å². The third-order valence-electron chi connectivity index (χ3n) is 4.23. The second-order valence-electron chi connectivity index (χ2n) is 5.96. The molecule has 0 aromatic carbocycles. The van der Waals surface area contributed by atoms with Gasteiger partial charge in [-0.3, -0.25) is 4.79 Å². The van der Waals surface area contributed by atoms with Crippen LogP contribution in [0.4, 0.5) is 10.9 Å². The predicted octanol–water partition coefficient (Wildman–Crippen LogP) is 4.25. The molecule has 1 N–H and O–H groups in total. The molecule has 3 aromatic heterocycles. The number of anilines is 2. The summed E-state index contributed by atoms with van der Waals surface area (Å²) < 4.78 is 5.24. The van der Waals surface area contributed by atoms with E-state index in [-0.39, 0.29) is 11.9 Å². The van der Waals surface area contributed by atoms with Crippen molar-refractivity contribution in [3.8, 4) is 0 Å². The number of thiazole rings is 1.